The van der Waals surface area contributed by atoms with Gasteiger partial charge in [-0.15, -0.1) is 11.8 Å². The second-order valence-electron chi connectivity index (χ2n) is 8.11. The zero-order valence-electron chi connectivity index (χ0n) is 19.9. The summed E-state index contributed by atoms with van der Waals surface area (Å²) in [5.41, 5.74) is 3.81. The first-order valence-electron chi connectivity index (χ1n) is 11.2. The second kappa shape index (κ2) is 11.3. The van der Waals surface area contributed by atoms with E-state index in [2.05, 4.69) is 41.2 Å². The molecule has 0 aliphatic heterocycles. The van der Waals surface area contributed by atoms with Crippen molar-refractivity contribution >= 4 is 39.1 Å². The quantitative estimate of drug-likeness (QED) is 0.252. The summed E-state index contributed by atoms with van der Waals surface area (Å²) in [7, 11) is -2.23. The van der Waals surface area contributed by atoms with Crippen LogP contribution in [0.25, 0.3) is 0 Å². The molecule has 0 atom stereocenters. The van der Waals surface area contributed by atoms with Gasteiger partial charge in [-0.25, -0.2) is 8.42 Å². The van der Waals surface area contributed by atoms with Crippen LogP contribution >= 0.6 is 11.8 Å². The molecule has 1 amide bonds. The van der Waals surface area contributed by atoms with Crippen molar-refractivity contribution < 1.29 is 17.9 Å². The number of amides is 1. The van der Waals surface area contributed by atoms with Crippen LogP contribution in [0.1, 0.15) is 21.5 Å². The third-order valence-electron chi connectivity index (χ3n) is 5.41. The highest BCUT2D eigenvalue weighted by molar-refractivity contribution is 7.98. The summed E-state index contributed by atoms with van der Waals surface area (Å²) in [6.45, 7) is 2.07. The normalized spacial score (nSPS) is 11.1. The van der Waals surface area contributed by atoms with E-state index in [0.717, 1.165) is 11.3 Å². The average molecular weight is 519 g/mol. The largest absolute Gasteiger partial charge is 0.497 e. The first kappa shape index (κ1) is 25.3. The fourth-order valence-electron chi connectivity index (χ4n) is 3.35. The summed E-state index contributed by atoms with van der Waals surface area (Å²) in [5, 5.41) is 2.81. The van der Waals surface area contributed by atoms with E-state index in [1.54, 1.807) is 67.4 Å². The number of nitrogens with one attached hydrogen (secondary N) is 2. The highest BCUT2D eigenvalue weighted by Gasteiger charge is 2.15. The van der Waals surface area contributed by atoms with Crippen molar-refractivity contribution in [3.05, 3.63) is 114 Å². The number of carbonyl (C=O) groups is 1. The first-order chi connectivity index (χ1) is 17.3. The number of thioether (sulfide) groups is 1. The third-order valence-corrected chi connectivity index (χ3v) is 7.89. The Hall–Kier alpha value is -3.75. The van der Waals surface area contributed by atoms with E-state index in [-0.39, 0.29) is 10.8 Å². The van der Waals surface area contributed by atoms with E-state index in [1.807, 2.05) is 12.1 Å². The number of anilines is 2. The lowest BCUT2D eigenvalue weighted by molar-refractivity contribution is 0.102. The summed E-state index contributed by atoms with van der Waals surface area (Å²) >= 11 is 1.74. The van der Waals surface area contributed by atoms with Crippen molar-refractivity contribution in [2.24, 2.45) is 0 Å². The van der Waals surface area contributed by atoms with Crippen molar-refractivity contribution in [2.45, 2.75) is 22.5 Å². The zero-order valence-corrected chi connectivity index (χ0v) is 21.5. The number of aryl methyl sites for hydroxylation is 1. The maximum atomic E-state index is 12.7. The summed E-state index contributed by atoms with van der Waals surface area (Å²) in [4.78, 5) is 13.9. The number of hydrogen-bond acceptors (Lipinski definition) is 5. The van der Waals surface area contributed by atoms with Crippen LogP contribution < -0.4 is 14.8 Å². The van der Waals surface area contributed by atoms with E-state index in [1.165, 1.54) is 22.6 Å². The molecule has 36 heavy (non-hydrogen) atoms. The van der Waals surface area contributed by atoms with E-state index in [0.29, 0.717) is 22.7 Å². The van der Waals surface area contributed by atoms with Gasteiger partial charge in [0.15, 0.2) is 0 Å². The van der Waals surface area contributed by atoms with Gasteiger partial charge < -0.3 is 10.1 Å². The standard InChI is InChI=1S/C28H26N2O4S2/c1-20-3-15-26(16-4-20)35-19-21-5-7-22(8-6-21)28(31)29-23-11-17-27(18-12-23)36(32,33)30-24-9-13-25(34-2)14-10-24/h3-18,30H,19H2,1-2H3,(H,29,31). The van der Waals surface area contributed by atoms with Crippen LogP contribution in [-0.2, 0) is 15.8 Å². The molecule has 0 aliphatic carbocycles. The molecule has 0 fully saturated rings. The molecule has 4 aromatic carbocycles. The van der Waals surface area contributed by atoms with Gasteiger partial charge in [0, 0.05) is 27.6 Å². The Bertz CT molecular complexity index is 1420. The molecule has 184 valence electrons. The Morgan fingerprint density at radius 3 is 2.03 bits per heavy atom. The number of methoxy groups -OCH3 is 1. The van der Waals surface area contributed by atoms with Crippen LogP contribution in [0.4, 0.5) is 11.4 Å². The number of benzene rings is 4. The molecular weight excluding hydrogens is 492 g/mol. The highest BCUT2D eigenvalue weighted by Crippen LogP contribution is 2.24. The van der Waals surface area contributed by atoms with Crippen molar-refractivity contribution in [2.75, 3.05) is 17.1 Å². The number of ether oxygens (including phenoxy) is 1. The van der Waals surface area contributed by atoms with E-state index in [9.17, 15) is 13.2 Å². The number of carbonyl (C=O) groups excluding carboxylic acids is 1. The first-order valence-corrected chi connectivity index (χ1v) is 13.7. The summed E-state index contributed by atoms with van der Waals surface area (Å²) in [5.74, 6) is 1.18. The van der Waals surface area contributed by atoms with Gasteiger partial charge >= 0.3 is 0 Å². The summed E-state index contributed by atoms with van der Waals surface area (Å²) < 4.78 is 33.0. The topological polar surface area (TPSA) is 84.5 Å². The van der Waals surface area contributed by atoms with Crippen molar-refractivity contribution in [3.63, 3.8) is 0 Å². The van der Waals surface area contributed by atoms with Crippen molar-refractivity contribution in [1.82, 2.24) is 0 Å². The van der Waals surface area contributed by atoms with Crippen molar-refractivity contribution in [1.29, 1.82) is 0 Å². The minimum atomic E-state index is -3.77. The fourth-order valence-corrected chi connectivity index (χ4v) is 5.26. The maximum absolute atomic E-state index is 12.7. The second-order valence-corrected chi connectivity index (χ2v) is 10.8. The van der Waals surface area contributed by atoms with E-state index < -0.39 is 10.0 Å². The molecule has 2 N–H and O–H groups in total. The number of sulfonamides is 1. The van der Waals surface area contributed by atoms with E-state index in [4.69, 9.17) is 4.74 Å². The maximum Gasteiger partial charge on any atom is 0.261 e. The predicted molar refractivity (Wildman–Crippen MR) is 145 cm³/mol. The Morgan fingerprint density at radius 1 is 0.806 bits per heavy atom. The average Bonchev–Trinajstić information content (AvgIpc) is 2.89. The van der Waals surface area contributed by atoms with Crippen LogP contribution in [-0.4, -0.2) is 21.4 Å². The van der Waals surface area contributed by atoms with Crippen molar-refractivity contribution in [3.8, 4) is 5.75 Å². The fraction of sp³-hybridized carbons (Fsp3) is 0.107. The van der Waals surface area contributed by atoms with Crippen LogP contribution in [0.2, 0.25) is 0 Å². The molecule has 0 spiro atoms. The summed E-state index contributed by atoms with van der Waals surface area (Å²) in [6.07, 6.45) is 0. The molecule has 0 aromatic heterocycles. The van der Waals surface area contributed by atoms with Crippen LogP contribution in [0.5, 0.6) is 5.75 Å². The number of rotatable bonds is 9. The van der Waals surface area contributed by atoms with E-state index >= 15 is 0 Å². The number of hydrogen-bond donors (Lipinski definition) is 2. The Morgan fingerprint density at radius 2 is 1.42 bits per heavy atom. The molecule has 4 aromatic rings. The lowest BCUT2D eigenvalue weighted by atomic mass is 10.1. The highest BCUT2D eigenvalue weighted by atomic mass is 32.2. The Balaban J connectivity index is 1.34. The van der Waals surface area contributed by atoms with Gasteiger partial charge in [0.2, 0.25) is 0 Å². The molecule has 4 rings (SSSR count). The Labute approximate surface area is 215 Å². The SMILES string of the molecule is COc1ccc(NS(=O)(=O)c2ccc(NC(=O)c3ccc(CSc4ccc(C)cc4)cc3)cc2)cc1. The van der Waals surface area contributed by atoms with Crippen LogP contribution in [0, 0.1) is 6.92 Å². The molecule has 0 heterocycles. The lowest BCUT2D eigenvalue weighted by Gasteiger charge is -2.10. The van der Waals surface area contributed by atoms with Gasteiger partial charge in [-0.1, -0.05) is 29.8 Å². The minimum absolute atomic E-state index is 0.0896. The molecule has 0 aliphatic rings. The molecule has 8 heteroatoms. The van der Waals surface area contributed by atoms with Gasteiger partial charge in [0.05, 0.1) is 12.0 Å². The molecule has 0 saturated heterocycles. The molecule has 0 bridgehead atoms. The smallest absolute Gasteiger partial charge is 0.261 e. The monoisotopic (exact) mass is 518 g/mol. The van der Waals surface area contributed by atoms with Gasteiger partial charge in [0.1, 0.15) is 5.75 Å². The predicted octanol–water partition coefficient (Wildman–Crippen LogP) is 6.35. The van der Waals surface area contributed by atoms with Gasteiger partial charge in [-0.2, -0.15) is 0 Å². The van der Waals surface area contributed by atoms with Gasteiger partial charge in [0.25, 0.3) is 15.9 Å². The molecule has 0 saturated carbocycles. The minimum Gasteiger partial charge on any atom is -0.497 e. The molecule has 0 radical (unpaired) electrons. The molecule has 0 unspecified atom stereocenters. The van der Waals surface area contributed by atoms with Gasteiger partial charge in [-0.05, 0) is 85.3 Å². The van der Waals surface area contributed by atoms with Gasteiger partial charge in [-0.3, -0.25) is 9.52 Å². The summed E-state index contributed by atoms with van der Waals surface area (Å²) in [6, 6.07) is 28.5. The third kappa shape index (κ3) is 6.68. The zero-order chi connectivity index (χ0) is 25.5. The molecule has 6 nitrogen and oxygen atoms in total. The van der Waals surface area contributed by atoms with Crippen LogP contribution in [0.3, 0.4) is 0 Å². The van der Waals surface area contributed by atoms with Crippen LogP contribution in [0.15, 0.2) is 107 Å². The lowest BCUT2D eigenvalue weighted by Crippen LogP contribution is -2.14. The molecular formula is C28H26N2O4S2. The Kier molecular flexibility index (Phi) is 7.97.